The molecule has 1 fully saturated rings. The summed E-state index contributed by atoms with van der Waals surface area (Å²) in [4.78, 5) is 0. The lowest BCUT2D eigenvalue weighted by atomic mass is 10.0. The third-order valence-electron chi connectivity index (χ3n) is 7.99. The van der Waals surface area contributed by atoms with E-state index in [9.17, 15) is 28.8 Å². The van der Waals surface area contributed by atoms with Gasteiger partial charge in [0, 0.05) is 6.42 Å². The van der Waals surface area contributed by atoms with Gasteiger partial charge in [-0.1, -0.05) is 122 Å². The highest BCUT2D eigenvalue weighted by atomic mass is 32.2. The molecule has 4 unspecified atom stereocenters. The Labute approximate surface area is 256 Å². The van der Waals surface area contributed by atoms with Gasteiger partial charge in [0.05, 0.1) is 37.2 Å². The van der Waals surface area contributed by atoms with Gasteiger partial charge in [-0.15, -0.1) is 0 Å². The molecule has 1 rings (SSSR count). The summed E-state index contributed by atoms with van der Waals surface area (Å²) >= 11 is 0. The van der Waals surface area contributed by atoms with Crippen LogP contribution in [0.3, 0.4) is 0 Å². The second-order valence-electron chi connectivity index (χ2n) is 12.0. The molecular formula is C32H63NO8S. The Kier molecular flexibility index (Phi) is 23.2. The first kappa shape index (κ1) is 39.4. The van der Waals surface area contributed by atoms with Crippen LogP contribution in [0.4, 0.5) is 0 Å². The Balaban J connectivity index is 2.52. The van der Waals surface area contributed by atoms with Gasteiger partial charge < -0.3 is 29.9 Å². The molecule has 0 aliphatic carbocycles. The Bertz CT molecular complexity index is 766. The fourth-order valence-electron chi connectivity index (χ4n) is 5.25. The molecule has 0 spiro atoms. The zero-order chi connectivity index (χ0) is 31.1. The van der Waals surface area contributed by atoms with Crippen molar-refractivity contribution in [1.29, 1.82) is 0 Å². The zero-order valence-electron chi connectivity index (χ0n) is 26.5. The maximum Gasteiger partial charge on any atom is 0.212 e. The van der Waals surface area contributed by atoms with Crippen LogP contribution in [0.1, 0.15) is 136 Å². The summed E-state index contributed by atoms with van der Waals surface area (Å²) < 4.78 is 39.5. The number of nitrogens with one attached hydrogen (secondary N) is 1. The summed E-state index contributed by atoms with van der Waals surface area (Å²) in [6.45, 7) is 3.70. The van der Waals surface area contributed by atoms with E-state index in [0.717, 1.165) is 51.4 Å². The smallest absolute Gasteiger partial charge is 0.212 e. The summed E-state index contributed by atoms with van der Waals surface area (Å²) in [6, 6.07) is -0.941. The first-order valence-corrected chi connectivity index (χ1v) is 18.5. The van der Waals surface area contributed by atoms with Gasteiger partial charge in [0.15, 0.2) is 6.29 Å². The highest BCUT2D eigenvalue weighted by molar-refractivity contribution is 7.89. The molecule has 1 saturated heterocycles. The van der Waals surface area contributed by atoms with Gasteiger partial charge in [0.1, 0.15) is 12.2 Å². The summed E-state index contributed by atoms with van der Waals surface area (Å²) in [5.74, 6) is -0.0256. The fourth-order valence-corrected chi connectivity index (χ4v) is 6.62. The van der Waals surface area contributed by atoms with Crippen LogP contribution < -0.4 is 4.72 Å². The van der Waals surface area contributed by atoms with Gasteiger partial charge in [-0.2, -0.15) is 0 Å². The average Bonchev–Trinajstić information content (AvgIpc) is 2.96. The lowest BCUT2D eigenvalue weighted by Gasteiger charge is -2.36. The Morgan fingerprint density at radius 1 is 0.857 bits per heavy atom. The number of ether oxygens (including phenoxy) is 2. The van der Waals surface area contributed by atoms with Crippen molar-refractivity contribution in [3.05, 3.63) is 12.2 Å². The van der Waals surface area contributed by atoms with E-state index in [1.807, 2.05) is 6.08 Å². The number of allylic oxidation sites excluding steroid dienone is 1. The molecule has 1 aliphatic heterocycles. The van der Waals surface area contributed by atoms with E-state index < -0.39 is 53.4 Å². The van der Waals surface area contributed by atoms with E-state index >= 15 is 0 Å². The summed E-state index contributed by atoms with van der Waals surface area (Å²) in [5.41, 5.74) is 0. The molecule has 0 aromatic rings. The first-order chi connectivity index (χ1) is 20.2. The van der Waals surface area contributed by atoms with Crippen molar-refractivity contribution in [1.82, 2.24) is 4.72 Å². The van der Waals surface area contributed by atoms with Crippen molar-refractivity contribution in [2.75, 3.05) is 19.0 Å². The van der Waals surface area contributed by atoms with Crippen LogP contribution in [0.15, 0.2) is 12.2 Å². The maximum atomic E-state index is 12.8. The lowest BCUT2D eigenvalue weighted by Crippen LogP contribution is -2.52. The highest BCUT2D eigenvalue weighted by Crippen LogP contribution is 2.22. The van der Waals surface area contributed by atoms with E-state index in [1.54, 1.807) is 6.08 Å². The predicted octanol–water partition coefficient (Wildman–Crippen LogP) is 5.10. The number of hydrogen-bond acceptors (Lipinski definition) is 8. The molecule has 0 amide bonds. The number of aliphatic hydroxyl groups excluding tert-OH is 4. The van der Waals surface area contributed by atoms with Crippen LogP contribution in [0, 0.1) is 0 Å². The minimum Gasteiger partial charge on any atom is -0.394 e. The van der Waals surface area contributed by atoms with Crippen molar-refractivity contribution in [3.63, 3.8) is 0 Å². The van der Waals surface area contributed by atoms with Crippen molar-refractivity contribution < 1.29 is 38.3 Å². The molecule has 0 aromatic carbocycles. The number of aliphatic hydroxyl groups is 4. The first-order valence-electron chi connectivity index (χ1n) is 16.8. The third-order valence-corrected chi connectivity index (χ3v) is 9.48. The molecule has 0 saturated carbocycles. The van der Waals surface area contributed by atoms with Crippen molar-refractivity contribution in [2.45, 2.75) is 173 Å². The standard InChI is InChI=1S/C32H63NO8S/c1-3-5-7-9-11-12-13-14-15-16-17-18-20-22-28(35)27(33-42(38,39)23-21-19-10-8-6-4-2)26-40-31-24-29(36)32(37)30(25-34)41-31/h20,22,27-37H,3-19,21,23-26H2,1-2H3/b22-20-/t27?,28?,29?,30?,31-,32+/m1/s1. The topological polar surface area (TPSA) is 146 Å². The van der Waals surface area contributed by atoms with E-state index in [-0.39, 0.29) is 18.8 Å². The van der Waals surface area contributed by atoms with Crippen molar-refractivity contribution in [2.24, 2.45) is 0 Å². The predicted molar refractivity (Wildman–Crippen MR) is 169 cm³/mol. The van der Waals surface area contributed by atoms with Crippen molar-refractivity contribution >= 4 is 10.0 Å². The zero-order valence-corrected chi connectivity index (χ0v) is 27.3. The fraction of sp³-hybridized carbons (Fsp3) is 0.938. The molecule has 6 atom stereocenters. The number of sulfonamides is 1. The Morgan fingerprint density at radius 3 is 1.93 bits per heavy atom. The monoisotopic (exact) mass is 621 g/mol. The molecule has 0 radical (unpaired) electrons. The number of rotatable bonds is 27. The number of unbranched alkanes of at least 4 members (excludes halogenated alkanes) is 16. The van der Waals surface area contributed by atoms with E-state index in [1.165, 1.54) is 57.8 Å². The molecule has 42 heavy (non-hydrogen) atoms. The molecule has 10 heteroatoms. The van der Waals surface area contributed by atoms with Gasteiger partial charge in [-0.3, -0.25) is 0 Å². The SMILES string of the molecule is CCCCCCCCCCCCC/C=C\C(O)C(CO[C@H]1CC(O)[C@H](O)C(CO)O1)NS(=O)(=O)CCCCCCCC. The molecule has 9 nitrogen and oxygen atoms in total. The molecule has 250 valence electrons. The van der Waals surface area contributed by atoms with Gasteiger partial charge in [-0.05, 0) is 19.3 Å². The average molecular weight is 622 g/mol. The van der Waals surface area contributed by atoms with Gasteiger partial charge in [0.25, 0.3) is 0 Å². The van der Waals surface area contributed by atoms with E-state index in [4.69, 9.17) is 9.47 Å². The molecule has 0 aromatic heterocycles. The van der Waals surface area contributed by atoms with Gasteiger partial charge >= 0.3 is 0 Å². The van der Waals surface area contributed by atoms with Crippen LogP contribution in [0.5, 0.6) is 0 Å². The summed E-state index contributed by atoms with van der Waals surface area (Å²) in [7, 11) is -3.66. The minimum atomic E-state index is -3.66. The molecule has 0 bridgehead atoms. The van der Waals surface area contributed by atoms with Crippen LogP contribution in [0.2, 0.25) is 0 Å². The molecule has 1 aliphatic rings. The summed E-state index contributed by atoms with van der Waals surface area (Å²) in [6.07, 6.45) is 18.5. The normalized spacial score (nSPS) is 23.0. The Hall–Kier alpha value is -0.590. The highest BCUT2D eigenvalue weighted by Gasteiger charge is 2.37. The second kappa shape index (κ2) is 24.7. The molecule has 1 heterocycles. The van der Waals surface area contributed by atoms with Gasteiger partial charge in [-0.25, -0.2) is 13.1 Å². The lowest BCUT2D eigenvalue weighted by molar-refractivity contribution is -0.258. The van der Waals surface area contributed by atoms with Crippen LogP contribution in [-0.4, -0.2) is 84.6 Å². The molecular weight excluding hydrogens is 558 g/mol. The van der Waals surface area contributed by atoms with Gasteiger partial charge in [0.2, 0.25) is 10.0 Å². The van der Waals surface area contributed by atoms with E-state index in [0.29, 0.717) is 6.42 Å². The minimum absolute atomic E-state index is 0.0256. The van der Waals surface area contributed by atoms with Crippen LogP contribution in [-0.2, 0) is 19.5 Å². The van der Waals surface area contributed by atoms with E-state index in [2.05, 4.69) is 18.6 Å². The Morgan fingerprint density at radius 2 is 1.38 bits per heavy atom. The largest absolute Gasteiger partial charge is 0.394 e. The van der Waals surface area contributed by atoms with Crippen LogP contribution in [0.25, 0.3) is 0 Å². The third kappa shape index (κ3) is 18.9. The maximum absolute atomic E-state index is 12.8. The number of hydrogen-bond donors (Lipinski definition) is 5. The van der Waals surface area contributed by atoms with Crippen molar-refractivity contribution in [3.8, 4) is 0 Å². The second-order valence-corrected chi connectivity index (χ2v) is 13.8. The summed E-state index contributed by atoms with van der Waals surface area (Å²) in [5, 5.41) is 40.3. The van der Waals surface area contributed by atoms with Crippen LogP contribution >= 0.6 is 0 Å². The quantitative estimate of drug-likeness (QED) is 0.0629. The molecule has 5 N–H and O–H groups in total.